The molecule has 1 heterocycles. The van der Waals surface area contributed by atoms with Crippen molar-refractivity contribution in [2.45, 2.75) is 57.5 Å². The molecule has 15 heavy (non-hydrogen) atoms. The van der Waals surface area contributed by atoms with Crippen LogP contribution in [0, 0.1) is 0 Å². The van der Waals surface area contributed by atoms with Gasteiger partial charge in [-0.15, -0.1) is 0 Å². The quantitative estimate of drug-likeness (QED) is 0.603. The minimum Gasteiger partial charge on any atom is -0.490 e. The van der Waals surface area contributed by atoms with Gasteiger partial charge < -0.3 is 20.1 Å². The number of allylic oxidation sites excluding steroid dienone is 1. The molecule has 1 saturated heterocycles. The Morgan fingerprint density at radius 1 is 1.27 bits per heavy atom. The van der Waals surface area contributed by atoms with Gasteiger partial charge in [-0.25, -0.2) is 0 Å². The van der Waals surface area contributed by atoms with Crippen molar-refractivity contribution < 1.29 is 20.1 Å². The lowest BCUT2D eigenvalue weighted by atomic mass is 9.98. The maximum absolute atomic E-state index is 9.62. The van der Waals surface area contributed by atoms with Gasteiger partial charge in [-0.05, 0) is 25.8 Å². The van der Waals surface area contributed by atoms with E-state index in [1.54, 1.807) is 13.0 Å². The summed E-state index contributed by atoms with van der Waals surface area (Å²) < 4.78 is 5.33. The van der Waals surface area contributed by atoms with Crippen LogP contribution in [0.15, 0.2) is 11.8 Å². The number of rotatable bonds is 3. The lowest BCUT2D eigenvalue weighted by molar-refractivity contribution is -0.150. The van der Waals surface area contributed by atoms with Crippen molar-refractivity contribution in [1.29, 1.82) is 0 Å². The van der Waals surface area contributed by atoms with Crippen LogP contribution in [0.2, 0.25) is 0 Å². The first kappa shape index (κ1) is 12.5. The molecule has 0 aliphatic carbocycles. The third kappa shape index (κ3) is 2.93. The average Bonchev–Trinajstić information content (AvgIpc) is 2.23. The molecule has 3 N–H and O–H groups in total. The zero-order chi connectivity index (χ0) is 11.4. The number of aliphatic hydroxyl groups excluding tert-OH is 3. The number of aliphatic hydroxyl groups is 3. The van der Waals surface area contributed by atoms with Crippen LogP contribution in [0.1, 0.15) is 33.1 Å². The highest BCUT2D eigenvalue weighted by Crippen LogP contribution is 2.24. The number of hydrogen-bond acceptors (Lipinski definition) is 4. The summed E-state index contributed by atoms with van der Waals surface area (Å²) in [7, 11) is 0. The van der Waals surface area contributed by atoms with Gasteiger partial charge in [0.2, 0.25) is 0 Å². The standard InChI is InChI=1S/C11H20O4/c1-3-4-5-6-8-10(13)11(14)9(12)7(2)15-8/h6-7,9-14H,3-5H2,1-2H3/b8-6+/t7-,9+,10+,11+/m1/s1. The highest BCUT2D eigenvalue weighted by atomic mass is 16.5. The molecular weight excluding hydrogens is 196 g/mol. The van der Waals surface area contributed by atoms with Gasteiger partial charge in [-0.2, -0.15) is 0 Å². The first-order chi connectivity index (χ1) is 7.07. The number of hydrogen-bond donors (Lipinski definition) is 3. The topological polar surface area (TPSA) is 69.9 Å². The Bertz CT molecular complexity index is 227. The molecule has 1 aliphatic heterocycles. The van der Waals surface area contributed by atoms with Crippen LogP contribution in [0.3, 0.4) is 0 Å². The summed E-state index contributed by atoms with van der Waals surface area (Å²) in [5.74, 6) is 0.383. The van der Waals surface area contributed by atoms with Crippen LogP contribution >= 0.6 is 0 Å². The molecule has 0 aromatic rings. The third-order valence-corrected chi connectivity index (χ3v) is 2.67. The Kier molecular flexibility index (Phi) is 4.57. The second kappa shape index (κ2) is 5.49. The molecule has 0 saturated carbocycles. The zero-order valence-corrected chi connectivity index (χ0v) is 9.26. The Morgan fingerprint density at radius 3 is 2.53 bits per heavy atom. The van der Waals surface area contributed by atoms with Crippen molar-refractivity contribution in [2.24, 2.45) is 0 Å². The van der Waals surface area contributed by atoms with Gasteiger partial charge in [0.1, 0.15) is 30.2 Å². The Balaban J connectivity index is 2.61. The molecule has 0 spiro atoms. The molecule has 0 bridgehead atoms. The SMILES string of the molecule is CCCC/C=C1/O[C@H](C)[C@H](O)[C@H](O)[C@H]1O. The minimum absolute atomic E-state index is 0.383. The second-order valence-electron chi connectivity index (χ2n) is 4.00. The predicted octanol–water partition coefficient (Wildman–Crippen LogP) is 0.562. The summed E-state index contributed by atoms with van der Waals surface area (Å²) in [6.45, 7) is 3.76. The Morgan fingerprint density at radius 2 is 1.93 bits per heavy atom. The highest BCUT2D eigenvalue weighted by molar-refractivity contribution is 5.08. The first-order valence-corrected chi connectivity index (χ1v) is 5.48. The van der Waals surface area contributed by atoms with Crippen molar-refractivity contribution in [3.8, 4) is 0 Å². The largest absolute Gasteiger partial charge is 0.490 e. The van der Waals surface area contributed by atoms with Crippen LogP contribution in [0.25, 0.3) is 0 Å². The van der Waals surface area contributed by atoms with E-state index in [0.717, 1.165) is 19.3 Å². The van der Waals surface area contributed by atoms with E-state index in [0.29, 0.717) is 5.76 Å². The fraction of sp³-hybridized carbons (Fsp3) is 0.818. The number of unbranched alkanes of at least 4 members (excludes halogenated alkanes) is 2. The molecule has 88 valence electrons. The molecule has 4 atom stereocenters. The molecule has 4 nitrogen and oxygen atoms in total. The minimum atomic E-state index is -1.15. The van der Waals surface area contributed by atoms with E-state index in [9.17, 15) is 15.3 Å². The third-order valence-electron chi connectivity index (χ3n) is 2.67. The van der Waals surface area contributed by atoms with Crippen LogP contribution in [-0.4, -0.2) is 39.7 Å². The monoisotopic (exact) mass is 216 g/mol. The fourth-order valence-electron chi connectivity index (χ4n) is 1.60. The van der Waals surface area contributed by atoms with Crippen LogP contribution < -0.4 is 0 Å². The van der Waals surface area contributed by atoms with E-state index in [2.05, 4.69) is 6.92 Å². The molecule has 1 aliphatic rings. The summed E-state index contributed by atoms with van der Waals surface area (Å²) >= 11 is 0. The van der Waals surface area contributed by atoms with Crippen LogP contribution in [-0.2, 0) is 4.74 Å². The molecule has 1 fully saturated rings. The maximum atomic E-state index is 9.62. The second-order valence-corrected chi connectivity index (χ2v) is 4.00. The summed E-state index contributed by atoms with van der Waals surface area (Å²) in [5.41, 5.74) is 0. The predicted molar refractivity (Wildman–Crippen MR) is 56.2 cm³/mol. The molecule has 0 radical (unpaired) electrons. The Labute approximate surface area is 90.2 Å². The highest BCUT2D eigenvalue weighted by Gasteiger charge is 2.38. The van der Waals surface area contributed by atoms with Gasteiger partial charge in [0.05, 0.1) is 0 Å². The molecule has 4 heteroatoms. The fourth-order valence-corrected chi connectivity index (χ4v) is 1.60. The van der Waals surface area contributed by atoms with E-state index in [1.165, 1.54) is 0 Å². The van der Waals surface area contributed by atoms with Gasteiger partial charge >= 0.3 is 0 Å². The van der Waals surface area contributed by atoms with Gasteiger partial charge in [-0.3, -0.25) is 0 Å². The van der Waals surface area contributed by atoms with Crippen molar-refractivity contribution in [3.05, 3.63) is 11.8 Å². The van der Waals surface area contributed by atoms with Crippen molar-refractivity contribution >= 4 is 0 Å². The summed E-state index contributed by atoms with van der Waals surface area (Å²) in [5, 5.41) is 28.6. The average molecular weight is 216 g/mol. The molecule has 0 aromatic carbocycles. The lowest BCUT2D eigenvalue weighted by Gasteiger charge is -2.35. The molecule has 0 aromatic heterocycles. The molecule has 0 amide bonds. The van der Waals surface area contributed by atoms with Gasteiger partial charge in [0.15, 0.2) is 0 Å². The molecule has 1 rings (SSSR count). The molecule has 0 unspecified atom stereocenters. The van der Waals surface area contributed by atoms with Crippen LogP contribution in [0.4, 0.5) is 0 Å². The lowest BCUT2D eigenvalue weighted by Crippen LogP contribution is -2.50. The maximum Gasteiger partial charge on any atom is 0.139 e. The smallest absolute Gasteiger partial charge is 0.139 e. The van der Waals surface area contributed by atoms with E-state index in [-0.39, 0.29) is 0 Å². The van der Waals surface area contributed by atoms with Crippen molar-refractivity contribution in [2.75, 3.05) is 0 Å². The zero-order valence-electron chi connectivity index (χ0n) is 9.26. The van der Waals surface area contributed by atoms with E-state index >= 15 is 0 Å². The summed E-state index contributed by atoms with van der Waals surface area (Å²) in [6, 6.07) is 0. The van der Waals surface area contributed by atoms with E-state index in [4.69, 9.17) is 4.74 Å². The summed E-state index contributed by atoms with van der Waals surface area (Å²) in [6.07, 6.45) is 0.945. The van der Waals surface area contributed by atoms with Crippen molar-refractivity contribution in [3.63, 3.8) is 0 Å². The van der Waals surface area contributed by atoms with E-state index in [1.807, 2.05) is 0 Å². The Hall–Kier alpha value is -0.580. The van der Waals surface area contributed by atoms with Gasteiger partial charge in [0, 0.05) is 0 Å². The van der Waals surface area contributed by atoms with E-state index < -0.39 is 24.4 Å². The van der Waals surface area contributed by atoms with Crippen molar-refractivity contribution in [1.82, 2.24) is 0 Å². The number of ether oxygens (including phenoxy) is 1. The normalized spacial score (nSPS) is 39.1. The van der Waals surface area contributed by atoms with Gasteiger partial charge in [0.25, 0.3) is 0 Å². The van der Waals surface area contributed by atoms with Crippen LogP contribution in [0.5, 0.6) is 0 Å². The van der Waals surface area contributed by atoms with Gasteiger partial charge in [-0.1, -0.05) is 13.3 Å². The molecular formula is C11H20O4. The first-order valence-electron chi connectivity index (χ1n) is 5.48. The summed E-state index contributed by atoms with van der Waals surface area (Å²) in [4.78, 5) is 0.